The summed E-state index contributed by atoms with van der Waals surface area (Å²) in [6.45, 7) is 5.75. The van der Waals surface area contributed by atoms with Gasteiger partial charge in [-0.1, -0.05) is 48.0 Å². The molecule has 9 heteroatoms. The number of methoxy groups -OCH3 is 2. The molecule has 36 heavy (non-hydrogen) atoms. The highest BCUT2D eigenvalue weighted by atomic mass is 16.5. The molecule has 0 fully saturated rings. The van der Waals surface area contributed by atoms with E-state index in [1.54, 1.807) is 30.3 Å². The quantitative estimate of drug-likeness (QED) is 0.358. The largest absolute Gasteiger partial charge is 0.493 e. The third-order valence-corrected chi connectivity index (χ3v) is 5.59. The number of amides is 3. The topological polar surface area (TPSA) is 126 Å². The van der Waals surface area contributed by atoms with Gasteiger partial charge in [0, 0.05) is 11.8 Å². The van der Waals surface area contributed by atoms with Crippen LogP contribution in [0.15, 0.2) is 54.6 Å². The van der Waals surface area contributed by atoms with E-state index < -0.39 is 23.9 Å². The van der Waals surface area contributed by atoms with Crippen LogP contribution in [0.2, 0.25) is 0 Å². The highest BCUT2D eigenvalue weighted by Crippen LogP contribution is 2.34. The lowest BCUT2D eigenvalue weighted by Crippen LogP contribution is -2.34. The Kier molecular flexibility index (Phi) is 8.16. The van der Waals surface area contributed by atoms with Crippen molar-refractivity contribution in [3.8, 4) is 11.5 Å². The molecule has 0 spiro atoms. The van der Waals surface area contributed by atoms with E-state index in [9.17, 15) is 19.5 Å². The summed E-state index contributed by atoms with van der Waals surface area (Å²) >= 11 is 0. The second kappa shape index (κ2) is 11.3. The molecule has 0 aliphatic rings. The van der Waals surface area contributed by atoms with Gasteiger partial charge in [-0.3, -0.25) is 4.79 Å². The van der Waals surface area contributed by atoms with Crippen molar-refractivity contribution < 1.29 is 29.0 Å². The van der Waals surface area contributed by atoms with Crippen molar-refractivity contribution in [1.29, 1.82) is 0 Å². The molecule has 1 atom stereocenters. The molecule has 0 saturated carbocycles. The van der Waals surface area contributed by atoms with Crippen LogP contribution in [-0.2, 0) is 4.79 Å². The molecule has 188 valence electrons. The molecule has 3 aromatic rings. The maximum absolute atomic E-state index is 13.3. The van der Waals surface area contributed by atoms with Crippen LogP contribution >= 0.6 is 0 Å². The molecule has 0 aliphatic carbocycles. The van der Waals surface area contributed by atoms with Crippen molar-refractivity contribution in [3.05, 3.63) is 82.4 Å². The summed E-state index contributed by atoms with van der Waals surface area (Å²) in [6, 6.07) is 13.2. The van der Waals surface area contributed by atoms with Gasteiger partial charge in [-0.2, -0.15) is 0 Å². The highest BCUT2D eigenvalue weighted by Gasteiger charge is 2.26. The Labute approximate surface area is 209 Å². The van der Waals surface area contributed by atoms with Crippen molar-refractivity contribution in [2.75, 3.05) is 24.9 Å². The third-order valence-electron chi connectivity index (χ3n) is 5.59. The SMILES string of the molecule is COc1cc(NC(=O)Nc2c(C)cc(C)cc2C)c(C(=O)NC(C(=O)O)c2ccccc2)cc1OC. The number of urea groups is 1. The number of carboxylic acids is 1. The summed E-state index contributed by atoms with van der Waals surface area (Å²) in [4.78, 5) is 38.1. The van der Waals surface area contributed by atoms with Crippen molar-refractivity contribution in [1.82, 2.24) is 5.32 Å². The zero-order chi connectivity index (χ0) is 26.4. The lowest BCUT2D eigenvalue weighted by molar-refractivity contribution is -0.139. The van der Waals surface area contributed by atoms with Gasteiger partial charge >= 0.3 is 12.0 Å². The van der Waals surface area contributed by atoms with Gasteiger partial charge in [-0.25, -0.2) is 9.59 Å². The van der Waals surface area contributed by atoms with Crippen LogP contribution in [0.4, 0.5) is 16.2 Å². The average Bonchev–Trinajstić information content (AvgIpc) is 2.84. The number of hydrogen-bond acceptors (Lipinski definition) is 5. The molecule has 0 saturated heterocycles. The van der Waals surface area contributed by atoms with Gasteiger partial charge in [0.15, 0.2) is 17.5 Å². The van der Waals surface area contributed by atoms with Gasteiger partial charge in [0.05, 0.1) is 25.5 Å². The molecule has 3 amide bonds. The monoisotopic (exact) mass is 491 g/mol. The fourth-order valence-corrected chi connectivity index (χ4v) is 3.96. The van der Waals surface area contributed by atoms with Crippen molar-refractivity contribution in [2.24, 2.45) is 0 Å². The molecule has 1 unspecified atom stereocenters. The predicted octanol–water partition coefficient (Wildman–Crippen LogP) is 4.83. The van der Waals surface area contributed by atoms with Crippen LogP contribution in [0.1, 0.15) is 38.7 Å². The average molecular weight is 492 g/mol. The van der Waals surface area contributed by atoms with Crippen LogP contribution in [0.5, 0.6) is 11.5 Å². The maximum atomic E-state index is 13.3. The lowest BCUT2D eigenvalue weighted by Gasteiger charge is -2.19. The molecule has 0 aliphatic heterocycles. The molecule has 0 heterocycles. The first-order valence-corrected chi connectivity index (χ1v) is 11.1. The number of anilines is 2. The summed E-state index contributed by atoms with van der Waals surface area (Å²) in [5.41, 5.74) is 4.02. The summed E-state index contributed by atoms with van der Waals surface area (Å²) in [6.07, 6.45) is 0. The molecule has 3 aromatic carbocycles. The normalized spacial score (nSPS) is 11.2. The molecule has 0 bridgehead atoms. The fourth-order valence-electron chi connectivity index (χ4n) is 3.96. The number of carbonyl (C=O) groups is 3. The minimum absolute atomic E-state index is 0.00216. The number of carbonyl (C=O) groups excluding carboxylic acids is 2. The Balaban J connectivity index is 1.95. The van der Waals surface area contributed by atoms with E-state index in [-0.39, 0.29) is 22.7 Å². The van der Waals surface area contributed by atoms with Crippen molar-refractivity contribution in [3.63, 3.8) is 0 Å². The van der Waals surface area contributed by atoms with E-state index in [1.807, 2.05) is 32.9 Å². The number of ether oxygens (including phenoxy) is 2. The van der Waals surface area contributed by atoms with E-state index in [1.165, 1.54) is 26.4 Å². The minimum atomic E-state index is -1.30. The summed E-state index contributed by atoms with van der Waals surface area (Å²) in [7, 11) is 2.84. The minimum Gasteiger partial charge on any atom is -0.493 e. The number of aryl methyl sites for hydroxylation is 3. The van der Waals surface area contributed by atoms with Crippen LogP contribution in [-0.4, -0.2) is 37.2 Å². The smallest absolute Gasteiger partial charge is 0.330 e. The Hall–Kier alpha value is -4.53. The first kappa shape index (κ1) is 26.1. The van der Waals surface area contributed by atoms with Gasteiger partial charge in [-0.05, 0) is 43.5 Å². The van der Waals surface area contributed by atoms with Gasteiger partial charge in [0.1, 0.15) is 0 Å². The van der Waals surface area contributed by atoms with E-state index in [0.717, 1.165) is 16.7 Å². The second-order valence-electron chi connectivity index (χ2n) is 8.26. The van der Waals surface area contributed by atoms with Crippen LogP contribution in [0, 0.1) is 20.8 Å². The van der Waals surface area contributed by atoms with Crippen molar-refractivity contribution in [2.45, 2.75) is 26.8 Å². The van der Waals surface area contributed by atoms with Gasteiger partial charge in [0.25, 0.3) is 5.91 Å². The highest BCUT2D eigenvalue weighted by molar-refractivity contribution is 6.08. The lowest BCUT2D eigenvalue weighted by atomic mass is 10.0. The maximum Gasteiger partial charge on any atom is 0.330 e. The third kappa shape index (κ3) is 5.93. The number of benzene rings is 3. The first-order valence-electron chi connectivity index (χ1n) is 11.1. The zero-order valence-electron chi connectivity index (χ0n) is 20.8. The fraction of sp³-hybridized carbons (Fsp3) is 0.222. The number of hydrogen-bond donors (Lipinski definition) is 4. The Morgan fingerprint density at radius 3 is 1.97 bits per heavy atom. The summed E-state index contributed by atoms with van der Waals surface area (Å²) in [5.74, 6) is -1.42. The molecule has 0 radical (unpaired) electrons. The Morgan fingerprint density at radius 1 is 0.833 bits per heavy atom. The van der Waals surface area contributed by atoms with E-state index in [2.05, 4.69) is 16.0 Å². The predicted molar refractivity (Wildman–Crippen MR) is 137 cm³/mol. The molecule has 9 nitrogen and oxygen atoms in total. The van der Waals surface area contributed by atoms with Gasteiger partial charge in [0.2, 0.25) is 0 Å². The second-order valence-corrected chi connectivity index (χ2v) is 8.26. The molecule has 0 aromatic heterocycles. The first-order chi connectivity index (χ1) is 17.1. The number of carboxylic acid groups (broad SMARTS) is 1. The molecule has 3 rings (SSSR count). The number of nitrogens with one attached hydrogen (secondary N) is 3. The summed E-state index contributed by atoms with van der Waals surface area (Å²) in [5, 5.41) is 17.7. The van der Waals surface area contributed by atoms with Gasteiger partial charge < -0.3 is 30.5 Å². The van der Waals surface area contributed by atoms with E-state index >= 15 is 0 Å². The van der Waals surface area contributed by atoms with Crippen LogP contribution in [0.3, 0.4) is 0 Å². The Morgan fingerprint density at radius 2 is 1.42 bits per heavy atom. The van der Waals surface area contributed by atoms with Crippen LogP contribution < -0.4 is 25.4 Å². The van der Waals surface area contributed by atoms with E-state index in [4.69, 9.17) is 9.47 Å². The van der Waals surface area contributed by atoms with Crippen molar-refractivity contribution >= 4 is 29.3 Å². The van der Waals surface area contributed by atoms with Gasteiger partial charge in [-0.15, -0.1) is 0 Å². The zero-order valence-corrected chi connectivity index (χ0v) is 20.8. The number of aliphatic carboxylic acids is 1. The van der Waals surface area contributed by atoms with E-state index in [0.29, 0.717) is 11.3 Å². The Bertz CT molecular complexity index is 1270. The molecular weight excluding hydrogens is 462 g/mol. The summed E-state index contributed by atoms with van der Waals surface area (Å²) < 4.78 is 10.6. The number of rotatable bonds is 8. The standard InChI is InChI=1S/C27H29N3O6/c1-15-11-16(2)23(17(3)12-15)30-27(34)28-20-14-22(36-5)21(35-4)13-19(20)25(31)29-24(26(32)33)18-9-7-6-8-10-18/h6-14,24H,1-5H3,(H,29,31)(H,32,33)(H2,28,30,34). The molecule has 4 N–H and O–H groups in total. The van der Waals surface area contributed by atoms with Crippen LogP contribution in [0.25, 0.3) is 0 Å². The molecular formula is C27H29N3O6.